The van der Waals surface area contributed by atoms with Gasteiger partial charge in [-0.05, 0) is 74.0 Å². The number of unbranched alkanes of at least 4 members (excludes halogenated alkanes) is 1. The van der Waals surface area contributed by atoms with Crippen LogP contribution in [0.4, 0.5) is 10.3 Å². The molecule has 1 saturated heterocycles. The van der Waals surface area contributed by atoms with Crippen molar-refractivity contribution >= 4 is 26.6 Å². The van der Waals surface area contributed by atoms with E-state index in [0.717, 1.165) is 37.9 Å². The molecule has 1 aliphatic rings. The minimum atomic E-state index is -3.47. The van der Waals surface area contributed by atoms with Crippen LogP contribution >= 0.6 is 0 Å². The average Bonchev–Trinajstić information content (AvgIpc) is 2.96. The summed E-state index contributed by atoms with van der Waals surface area (Å²) in [6.45, 7) is 5.70. The van der Waals surface area contributed by atoms with E-state index in [0.29, 0.717) is 46.0 Å². The molecule has 210 valence electrons. The number of aromatic nitrogens is 3. The molecule has 0 unspecified atom stereocenters. The highest BCUT2D eigenvalue weighted by Gasteiger charge is 2.21. The summed E-state index contributed by atoms with van der Waals surface area (Å²) in [5.41, 5.74) is 2.29. The molecule has 5 rings (SSSR count). The minimum absolute atomic E-state index is 0.0267. The van der Waals surface area contributed by atoms with Crippen LogP contribution < -0.4 is 15.4 Å². The number of anilines is 1. The number of nitrogens with one attached hydrogen (secondary N) is 2. The number of fused-ring (bicyclic) bond motifs is 1. The highest BCUT2D eigenvalue weighted by molar-refractivity contribution is 7.90. The van der Waals surface area contributed by atoms with Crippen LogP contribution in [-0.2, 0) is 15.6 Å². The lowest BCUT2D eigenvalue weighted by Crippen LogP contribution is -2.38. The molecule has 0 bridgehead atoms. The maximum absolute atomic E-state index is 15.0. The summed E-state index contributed by atoms with van der Waals surface area (Å²) in [6, 6.07) is 12.3. The van der Waals surface area contributed by atoms with Crippen molar-refractivity contribution in [3.63, 3.8) is 0 Å². The molecule has 4 aromatic rings. The zero-order chi connectivity index (χ0) is 28.1. The Balaban J connectivity index is 1.49. The van der Waals surface area contributed by atoms with Gasteiger partial charge in [-0.15, -0.1) is 0 Å². The predicted molar refractivity (Wildman–Crippen MR) is 156 cm³/mol. The molecule has 3 heterocycles. The van der Waals surface area contributed by atoms with Crippen molar-refractivity contribution in [3.8, 4) is 22.9 Å². The van der Waals surface area contributed by atoms with Gasteiger partial charge >= 0.3 is 0 Å². The lowest BCUT2D eigenvalue weighted by molar-refractivity contribution is 0.466. The first-order valence-electron chi connectivity index (χ1n) is 13.7. The van der Waals surface area contributed by atoms with Gasteiger partial charge in [0.1, 0.15) is 11.6 Å². The van der Waals surface area contributed by atoms with Gasteiger partial charge in [-0.2, -0.15) is 0 Å². The van der Waals surface area contributed by atoms with E-state index >= 15 is 0 Å². The number of benzene rings is 2. The van der Waals surface area contributed by atoms with Crippen molar-refractivity contribution in [2.45, 2.75) is 51.3 Å². The van der Waals surface area contributed by atoms with E-state index in [1.54, 1.807) is 30.6 Å². The number of rotatable bonds is 10. The van der Waals surface area contributed by atoms with Crippen LogP contribution in [0.3, 0.4) is 0 Å². The van der Waals surface area contributed by atoms with Crippen LogP contribution in [-0.4, -0.2) is 48.3 Å². The number of piperidine rings is 1. The van der Waals surface area contributed by atoms with Gasteiger partial charge in [0.15, 0.2) is 9.84 Å². The first-order chi connectivity index (χ1) is 19.3. The number of nitrogens with zero attached hydrogens (tertiary/aromatic N) is 3. The highest BCUT2D eigenvalue weighted by Crippen LogP contribution is 2.38. The lowest BCUT2D eigenvalue weighted by Gasteiger charge is -2.23. The number of halogens is 1. The van der Waals surface area contributed by atoms with Crippen molar-refractivity contribution in [1.29, 1.82) is 0 Å². The van der Waals surface area contributed by atoms with Crippen LogP contribution in [0.25, 0.3) is 22.0 Å². The van der Waals surface area contributed by atoms with Gasteiger partial charge in [-0.1, -0.05) is 25.5 Å². The molecule has 1 aliphatic heterocycles. The van der Waals surface area contributed by atoms with E-state index in [1.165, 1.54) is 6.07 Å². The summed E-state index contributed by atoms with van der Waals surface area (Å²) in [5, 5.41) is 7.91. The summed E-state index contributed by atoms with van der Waals surface area (Å²) in [7, 11) is -3.47. The molecule has 2 N–H and O–H groups in total. The molecule has 1 fully saturated rings. The summed E-state index contributed by atoms with van der Waals surface area (Å²) < 4.78 is 46.8. The summed E-state index contributed by atoms with van der Waals surface area (Å²) >= 11 is 0. The fraction of sp³-hybridized carbons (Fsp3) is 0.367. The van der Waals surface area contributed by atoms with Crippen molar-refractivity contribution in [2.24, 2.45) is 0 Å². The number of pyridine rings is 1. The van der Waals surface area contributed by atoms with Crippen molar-refractivity contribution < 1.29 is 17.5 Å². The van der Waals surface area contributed by atoms with Gasteiger partial charge in [0.2, 0.25) is 11.8 Å². The quantitative estimate of drug-likeness (QED) is 0.249. The third-order valence-electron chi connectivity index (χ3n) is 7.11. The van der Waals surface area contributed by atoms with E-state index in [1.807, 2.05) is 32.0 Å². The van der Waals surface area contributed by atoms with Gasteiger partial charge in [0.05, 0.1) is 22.8 Å². The summed E-state index contributed by atoms with van der Waals surface area (Å²) in [6.07, 6.45) is 6.78. The second-order valence-electron chi connectivity index (χ2n) is 10.2. The third-order valence-corrected chi connectivity index (χ3v) is 8.75. The number of ether oxygens (including phenoxy) is 1. The average molecular weight is 564 g/mol. The fourth-order valence-electron chi connectivity index (χ4n) is 4.96. The molecule has 2 aromatic heterocycles. The molecule has 0 amide bonds. The largest absolute Gasteiger partial charge is 0.437 e. The Morgan fingerprint density at radius 1 is 1.10 bits per heavy atom. The Hall–Kier alpha value is -3.63. The SMILES string of the molecule is CCCCS(=O)(=O)Cc1c(F)ccc2c(Oc3ncccc3-c3ccnc(N[C@H]4CCCNC4)n3)c(C)ccc12. The van der Waals surface area contributed by atoms with E-state index < -0.39 is 15.7 Å². The maximum atomic E-state index is 15.0. The number of aryl methyl sites for hydroxylation is 1. The Labute approximate surface area is 234 Å². The number of hydrogen-bond acceptors (Lipinski definition) is 8. The van der Waals surface area contributed by atoms with E-state index in [9.17, 15) is 12.8 Å². The van der Waals surface area contributed by atoms with Crippen LogP contribution in [0.5, 0.6) is 11.6 Å². The van der Waals surface area contributed by atoms with Crippen LogP contribution in [0.2, 0.25) is 0 Å². The predicted octanol–water partition coefficient (Wildman–Crippen LogP) is 5.81. The molecule has 10 heteroatoms. The van der Waals surface area contributed by atoms with Crippen LogP contribution in [0.15, 0.2) is 54.9 Å². The van der Waals surface area contributed by atoms with E-state index in [-0.39, 0.29) is 23.1 Å². The molecule has 8 nitrogen and oxygen atoms in total. The molecule has 1 atom stereocenters. The van der Waals surface area contributed by atoms with Gasteiger partial charge in [-0.3, -0.25) is 0 Å². The monoisotopic (exact) mass is 563 g/mol. The van der Waals surface area contributed by atoms with Crippen LogP contribution in [0.1, 0.15) is 43.7 Å². The minimum Gasteiger partial charge on any atom is -0.437 e. The topological polar surface area (TPSA) is 106 Å². The Bertz CT molecular complexity index is 1610. The lowest BCUT2D eigenvalue weighted by atomic mass is 10.0. The molecule has 0 aliphatic carbocycles. The molecule has 0 spiro atoms. The molecule has 0 radical (unpaired) electrons. The molecular formula is C30H34FN5O3S. The van der Waals surface area contributed by atoms with Crippen molar-refractivity contribution in [1.82, 2.24) is 20.3 Å². The second kappa shape index (κ2) is 12.3. The smallest absolute Gasteiger partial charge is 0.228 e. The fourth-order valence-corrected chi connectivity index (χ4v) is 6.57. The zero-order valence-electron chi connectivity index (χ0n) is 22.8. The molecule has 2 aromatic carbocycles. The van der Waals surface area contributed by atoms with Crippen LogP contribution in [0, 0.1) is 12.7 Å². The Kier molecular flexibility index (Phi) is 8.56. The summed E-state index contributed by atoms with van der Waals surface area (Å²) in [5.74, 6) is 0.482. The first kappa shape index (κ1) is 27.9. The molecule has 0 saturated carbocycles. The van der Waals surface area contributed by atoms with Gasteiger partial charge in [0.25, 0.3) is 0 Å². The summed E-state index contributed by atoms with van der Waals surface area (Å²) in [4.78, 5) is 13.6. The van der Waals surface area contributed by atoms with E-state index in [4.69, 9.17) is 9.72 Å². The molecule has 40 heavy (non-hydrogen) atoms. The first-order valence-corrected chi connectivity index (χ1v) is 15.5. The van der Waals surface area contributed by atoms with E-state index in [2.05, 4.69) is 20.6 Å². The normalized spacial score (nSPS) is 15.7. The third kappa shape index (κ3) is 6.39. The van der Waals surface area contributed by atoms with Gasteiger partial charge in [0, 0.05) is 35.9 Å². The maximum Gasteiger partial charge on any atom is 0.228 e. The van der Waals surface area contributed by atoms with Gasteiger partial charge < -0.3 is 15.4 Å². The van der Waals surface area contributed by atoms with Crippen molar-refractivity contribution in [2.75, 3.05) is 24.2 Å². The molecular weight excluding hydrogens is 529 g/mol. The highest BCUT2D eigenvalue weighted by atomic mass is 32.2. The Morgan fingerprint density at radius 2 is 1.95 bits per heavy atom. The Morgan fingerprint density at radius 3 is 2.75 bits per heavy atom. The number of hydrogen-bond donors (Lipinski definition) is 2. The second-order valence-corrected chi connectivity index (χ2v) is 12.4. The van der Waals surface area contributed by atoms with Gasteiger partial charge in [-0.25, -0.2) is 27.8 Å². The van der Waals surface area contributed by atoms with Crippen molar-refractivity contribution in [3.05, 3.63) is 71.8 Å². The zero-order valence-corrected chi connectivity index (χ0v) is 23.6. The standard InChI is InChI=1S/C30H34FN5O3S/c1-3-4-17-40(37,38)19-25-22-10-9-20(2)28(23(22)11-12-26(25)31)39-29-24(8-6-15-33-29)27-13-16-34-30(36-27)35-21-7-5-14-32-18-21/h6,8-13,15-16,21,32H,3-5,7,14,17-19H2,1-2H3,(H,34,35,36)/t21-/m0/s1. The number of sulfone groups is 1.